The van der Waals surface area contributed by atoms with Crippen LogP contribution in [0.25, 0.3) is 0 Å². The molecular formula is C14H22N2O2S. The van der Waals surface area contributed by atoms with Gasteiger partial charge in [0.15, 0.2) is 0 Å². The Bertz CT molecular complexity index is 558. The maximum atomic E-state index is 12.3. The van der Waals surface area contributed by atoms with E-state index in [4.69, 9.17) is 5.73 Å². The molecule has 1 saturated carbocycles. The van der Waals surface area contributed by atoms with E-state index in [9.17, 15) is 8.42 Å². The number of benzene rings is 1. The van der Waals surface area contributed by atoms with E-state index in [0.29, 0.717) is 11.1 Å². The molecule has 1 fully saturated rings. The third kappa shape index (κ3) is 3.70. The zero-order chi connectivity index (χ0) is 14.3. The van der Waals surface area contributed by atoms with E-state index in [0.717, 1.165) is 6.42 Å². The molecule has 5 heteroatoms. The smallest absolute Gasteiger partial charge is 0.241 e. The fraction of sp³-hybridized carbons (Fsp3) is 0.571. The molecule has 4 nitrogen and oxygen atoms in total. The summed E-state index contributed by atoms with van der Waals surface area (Å²) in [4.78, 5) is 0.260. The summed E-state index contributed by atoms with van der Waals surface area (Å²) in [7, 11) is -3.48. The van der Waals surface area contributed by atoms with Crippen LogP contribution in [-0.2, 0) is 10.0 Å². The molecule has 0 radical (unpaired) electrons. The first-order valence-electron chi connectivity index (χ1n) is 6.52. The average molecular weight is 282 g/mol. The summed E-state index contributed by atoms with van der Waals surface area (Å²) in [6.45, 7) is 6.07. The molecule has 1 aromatic rings. The second-order valence-corrected chi connectivity index (χ2v) is 8.23. The van der Waals surface area contributed by atoms with Crippen LogP contribution in [-0.4, -0.2) is 14.0 Å². The van der Waals surface area contributed by atoms with Gasteiger partial charge < -0.3 is 5.73 Å². The molecule has 1 aliphatic rings. The Balaban J connectivity index is 2.14. The highest BCUT2D eigenvalue weighted by Crippen LogP contribution is 2.50. The molecule has 0 atom stereocenters. The molecule has 0 heterocycles. The lowest BCUT2D eigenvalue weighted by Gasteiger charge is -2.29. The van der Waals surface area contributed by atoms with Crippen molar-refractivity contribution in [3.05, 3.63) is 24.3 Å². The summed E-state index contributed by atoms with van der Waals surface area (Å²) in [6, 6.07) is 6.27. The second kappa shape index (κ2) is 4.49. The molecule has 3 N–H and O–H groups in total. The number of hydrogen-bond acceptors (Lipinski definition) is 3. The summed E-state index contributed by atoms with van der Waals surface area (Å²) in [5, 5.41) is 0. The highest BCUT2D eigenvalue weighted by atomic mass is 32.2. The molecule has 0 aliphatic heterocycles. The van der Waals surface area contributed by atoms with E-state index in [2.05, 4.69) is 11.6 Å². The Morgan fingerprint density at radius 3 is 2.26 bits per heavy atom. The molecule has 2 rings (SSSR count). The molecular weight excluding hydrogens is 260 g/mol. The molecule has 0 amide bonds. The molecule has 0 saturated heterocycles. The van der Waals surface area contributed by atoms with Gasteiger partial charge in [-0.25, -0.2) is 13.1 Å². The predicted molar refractivity (Wildman–Crippen MR) is 77.2 cm³/mol. The third-order valence-corrected chi connectivity index (χ3v) is 5.29. The zero-order valence-electron chi connectivity index (χ0n) is 11.7. The lowest BCUT2D eigenvalue weighted by molar-refractivity contribution is 0.336. The topological polar surface area (TPSA) is 72.2 Å². The van der Waals surface area contributed by atoms with Gasteiger partial charge in [-0.3, -0.25) is 0 Å². The number of rotatable bonds is 5. The van der Waals surface area contributed by atoms with E-state index in [-0.39, 0.29) is 4.90 Å². The molecule has 19 heavy (non-hydrogen) atoms. The normalized spacial score (nSPS) is 18.3. The van der Waals surface area contributed by atoms with Gasteiger partial charge in [0.25, 0.3) is 0 Å². The molecule has 0 spiro atoms. The van der Waals surface area contributed by atoms with E-state index in [1.54, 1.807) is 12.1 Å². The zero-order valence-corrected chi connectivity index (χ0v) is 12.5. The van der Waals surface area contributed by atoms with Gasteiger partial charge in [-0.1, -0.05) is 6.92 Å². The number of sulfonamides is 1. The number of nitrogens with two attached hydrogens (primary N) is 1. The Kier molecular flexibility index (Phi) is 3.39. The van der Waals surface area contributed by atoms with Crippen LogP contribution in [0.2, 0.25) is 0 Å². The first-order chi connectivity index (χ1) is 8.62. The van der Waals surface area contributed by atoms with Crippen LogP contribution in [0.3, 0.4) is 0 Å². The Morgan fingerprint density at radius 1 is 1.26 bits per heavy atom. The SMILES string of the molecule is CC1(CC(C)(C)NS(=O)(=O)c2ccc(N)cc2)CC1. The van der Waals surface area contributed by atoms with Crippen molar-refractivity contribution in [2.45, 2.75) is 50.5 Å². The van der Waals surface area contributed by atoms with Crippen LogP contribution in [0.15, 0.2) is 29.2 Å². The van der Waals surface area contributed by atoms with Gasteiger partial charge in [0.2, 0.25) is 10.0 Å². The molecule has 1 aliphatic carbocycles. The van der Waals surface area contributed by atoms with Crippen molar-refractivity contribution in [2.24, 2.45) is 5.41 Å². The van der Waals surface area contributed by atoms with Crippen molar-refractivity contribution in [3.63, 3.8) is 0 Å². The first kappa shape index (κ1) is 14.3. The van der Waals surface area contributed by atoms with Crippen LogP contribution in [0, 0.1) is 5.41 Å². The minimum absolute atomic E-state index is 0.260. The van der Waals surface area contributed by atoms with Crippen LogP contribution >= 0.6 is 0 Å². The average Bonchev–Trinajstić information content (AvgIpc) is 2.93. The van der Waals surface area contributed by atoms with E-state index >= 15 is 0 Å². The Hall–Kier alpha value is -1.07. The number of nitrogen functional groups attached to an aromatic ring is 1. The van der Waals surface area contributed by atoms with Crippen molar-refractivity contribution in [1.82, 2.24) is 4.72 Å². The van der Waals surface area contributed by atoms with Gasteiger partial charge in [-0.2, -0.15) is 0 Å². The van der Waals surface area contributed by atoms with Crippen molar-refractivity contribution in [1.29, 1.82) is 0 Å². The van der Waals surface area contributed by atoms with Gasteiger partial charge in [-0.15, -0.1) is 0 Å². The van der Waals surface area contributed by atoms with E-state index in [1.165, 1.54) is 25.0 Å². The van der Waals surface area contributed by atoms with Gasteiger partial charge in [0.05, 0.1) is 4.90 Å². The van der Waals surface area contributed by atoms with Gasteiger partial charge in [0, 0.05) is 11.2 Å². The van der Waals surface area contributed by atoms with Crippen molar-refractivity contribution >= 4 is 15.7 Å². The van der Waals surface area contributed by atoms with Crippen LogP contribution in [0.1, 0.15) is 40.0 Å². The van der Waals surface area contributed by atoms with Crippen molar-refractivity contribution in [2.75, 3.05) is 5.73 Å². The van der Waals surface area contributed by atoms with E-state index < -0.39 is 15.6 Å². The molecule has 1 aromatic carbocycles. The quantitative estimate of drug-likeness (QED) is 0.815. The second-order valence-electron chi connectivity index (χ2n) is 6.55. The molecule has 0 bridgehead atoms. The van der Waals surface area contributed by atoms with Crippen molar-refractivity contribution in [3.8, 4) is 0 Å². The fourth-order valence-electron chi connectivity index (χ4n) is 2.56. The first-order valence-corrected chi connectivity index (χ1v) is 8.00. The maximum absolute atomic E-state index is 12.3. The maximum Gasteiger partial charge on any atom is 0.241 e. The number of nitrogens with one attached hydrogen (secondary N) is 1. The molecule has 0 unspecified atom stereocenters. The number of hydrogen-bond donors (Lipinski definition) is 2. The van der Waals surface area contributed by atoms with Gasteiger partial charge in [-0.05, 0) is 62.8 Å². The highest BCUT2D eigenvalue weighted by molar-refractivity contribution is 7.89. The highest BCUT2D eigenvalue weighted by Gasteiger charge is 2.43. The molecule has 106 valence electrons. The lowest BCUT2D eigenvalue weighted by atomic mass is 9.91. The van der Waals surface area contributed by atoms with Crippen LogP contribution in [0.4, 0.5) is 5.69 Å². The van der Waals surface area contributed by atoms with E-state index in [1.807, 2.05) is 13.8 Å². The minimum Gasteiger partial charge on any atom is -0.399 e. The monoisotopic (exact) mass is 282 g/mol. The molecule has 0 aromatic heterocycles. The standard InChI is InChI=1S/C14H22N2O2S/c1-13(2,10-14(3)8-9-14)16-19(17,18)12-6-4-11(15)5-7-12/h4-7,16H,8-10,15H2,1-3H3. The fourth-order valence-corrected chi connectivity index (χ4v) is 3.97. The summed E-state index contributed by atoms with van der Waals surface area (Å²) in [5.74, 6) is 0. The Labute approximate surface area is 115 Å². The van der Waals surface area contributed by atoms with Crippen LogP contribution < -0.4 is 10.5 Å². The lowest BCUT2D eigenvalue weighted by Crippen LogP contribution is -2.44. The van der Waals surface area contributed by atoms with Crippen LogP contribution in [0.5, 0.6) is 0 Å². The Morgan fingerprint density at radius 2 is 1.79 bits per heavy atom. The van der Waals surface area contributed by atoms with Gasteiger partial charge >= 0.3 is 0 Å². The van der Waals surface area contributed by atoms with Gasteiger partial charge in [0.1, 0.15) is 0 Å². The summed E-state index contributed by atoms with van der Waals surface area (Å²) in [6.07, 6.45) is 3.22. The minimum atomic E-state index is -3.48. The predicted octanol–water partition coefficient (Wildman–Crippen LogP) is 2.52. The van der Waals surface area contributed by atoms with Crippen molar-refractivity contribution < 1.29 is 8.42 Å². The summed E-state index contributed by atoms with van der Waals surface area (Å²) < 4.78 is 27.4. The summed E-state index contributed by atoms with van der Waals surface area (Å²) in [5.41, 5.74) is 5.99. The summed E-state index contributed by atoms with van der Waals surface area (Å²) >= 11 is 0. The largest absolute Gasteiger partial charge is 0.399 e. The number of anilines is 1. The third-order valence-electron chi connectivity index (χ3n) is 3.57.